The van der Waals surface area contributed by atoms with Crippen molar-refractivity contribution in [1.82, 2.24) is 5.32 Å². The lowest BCUT2D eigenvalue weighted by Crippen LogP contribution is -2.35. The topological polar surface area (TPSA) is 32.3 Å². The van der Waals surface area contributed by atoms with Crippen LogP contribution in [0.3, 0.4) is 0 Å². The Bertz CT molecular complexity index is 579. The molecular formula is C17H19NO. The standard InChI is InChI=1S/C17H19NO/c1-17(14-5-3-2-4-6-14)12-18-10-9-13-7-8-15(19)11-16(13)17/h2-8,11,18-19H,9-10,12H2,1H3. The second kappa shape index (κ2) is 4.71. The molecular weight excluding hydrogens is 234 g/mol. The zero-order valence-electron chi connectivity index (χ0n) is 11.2. The normalized spacial score (nSPS) is 22.6. The van der Waals surface area contributed by atoms with Crippen molar-refractivity contribution >= 4 is 0 Å². The van der Waals surface area contributed by atoms with E-state index in [1.807, 2.05) is 12.1 Å². The molecule has 0 saturated carbocycles. The molecule has 1 aliphatic heterocycles. The molecule has 98 valence electrons. The van der Waals surface area contributed by atoms with E-state index in [0.29, 0.717) is 5.75 Å². The summed E-state index contributed by atoms with van der Waals surface area (Å²) < 4.78 is 0. The maximum atomic E-state index is 9.84. The summed E-state index contributed by atoms with van der Waals surface area (Å²) >= 11 is 0. The molecule has 3 rings (SSSR count). The smallest absolute Gasteiger partial charge is 0.115 e. The summed E-state index contributed by atoms with van der Waals surface area (Å²) in [6.45, 7) is 4.13. The molecule has 0 bridgehead atoms. The average Bonchev–Trinajstić information content (AvgIpc) is 2.61. The van der Waals surface area contributed by atoms with E-state index in [1.165, 1.54) is 16.7 Å². The minimum Gasteiger partial charge on any atom is -0.508 e. The number of aromatic hydroxyl groups is 1. The van der Waals surface area contributed by atoms with Crippen molar-refractivity contribution < 1.29 is 5.11 Å². The first-order valence-electron chi connectivity index (χ1n) is 6.79. The van der Waals surface area contributed by atoms with Gasteiger partial charge in [0, 0.05) is 12.0 Å². The Morgan fingerprint density at radius 2 is 1.89 bits per heavy atom. The third kappa shape index (κ3) is 2.13. The lowest BCUT2D eigenvalue weighted by atomic mass is 9.74. The highest BCUT2D eigenvalue weighted by molar-refractivity contribution is 5.47. The molecule has 0 aromatic heterocycles. The van der Waals surface area contributed by atoms with Crippen LogP contribution in [0.2, 0.25) is 0 Å². The van der Waals surface area contributed by atoms with Gasteiger partial charge in [-0.15, -0.1) is 0 Å². The maximum absolute atomic E-state index is 9.84. The Kier molecular flexibility index (Phi) is 3.03. The van der Waals surface area contributed by atoms with Crippen LogP contribution in [0.5, 0.6) is 5.75 Å². The summed E-state index contributed by atoms with van der Waals surface area (Å²) in [6.07, 6.45) is 1.01. The third-order valence-corrected chi connectivity index (χ3v) is 4.15. The molecule has 19 heavy (non-hydrogen) atoms. The Morgan fingerprint density at radius 1 is 1.11 bits per heavy atom. The van der Waals surface area contributed by atoms with Crippen LogP contribution in [0.4, 0.5) is 0 Å². The van der Waals surface area contributed by atoms with Gasteiger partial charge in [0.05, 0.1) is 0 Å². The van der Waals surface area contributed by atoms with Gasteiger partial charge in [-0.3, -0.25) is 0 Å². The van der Waals surface area contributed by atoms with E-state index in [0.717, 1.165) is 19.5 Å². The predicted octanol–water partition coefficient (Wildman–Crippen LogP) is 2.84. The zero-order chi connectivity index (χ0) is 13.3. The number of phenolic OH excluding ortho intramolecular Hbond substituents is 1. The highest BCUT2D eigenvalue weighted by Gasteiger charge is 2.32. The van der Waals surface area contributed by atoms with Gasteiger partial charge < -0.3 is 10.4 Å². The fourth-order valence-corrected chi connectivity index (χ4v) is 3.02. The molecule has 0 radical (unpaired) electrons. The van der Waals surface area contributed by atoms with Gasteiger partial charge in [0.2, 0.25) is 0 Å². The Balaban J connectivity index is 2.19. The van der Waals surface area contributed by atoms with E-state index in [4.69, 9.17) is 0 Å². The number of rotatable bonds is 1. The van der Waals surface area contributed by atoms with Crippen LogP contribution >= 0.6 is 0 Å². The van der Waals surface area contributed by atoms with Crippen molar-refractivity contribution in [3.05, 3.63) is 65.2 Å². The minimum absolute atomic E-state index is 0.0914. The van der Waals surface area contributed by atoms with Gasteiger partial charge in [-0.25, -0.2) is 0 Å². The summed E-state index contributed by atoms with van der Waals surface area (Å²) in [7, 11) is 0. The maximum Gasteiger partial charge on any atom is 0.115 e. The Morgan fingerprint density at radius 3 is 2.68 bits per heavy atom. The molecule has 0 aliphatic carbocycles. The molecule has 1 unspecified atom stereocenters. The van der Waals surface area contributed by atoms with Crippen LogP contribution in [0.25, 0.3) is 0 Å². The number of hydrogen-bond acceptors (Lipinski definition) is 2. The highest BCUT2D eigenvalue weighted by Crippen LogP contribution is 2.36. The van der Waals surface area contributed by atoms with Gasteiger partial charge in [0.15, 0.2) is 0 Å². The molecule has 0 fully saturated rings. The van der Waals surface area contributed by atoms with Gasteiger partial charge >= 0.3 is 0 Å². The van der Waals surface area contributed by atoms with Gasteiger partial charge in [-0.2, -0.15) is 0 Å². The van der Waals surface area contributed by atoms with E-state index in [2.05, 4.69) is 42.6 Å². The van der Waals surface area contributed by atoms with Crippen LogP contribution in [-0.2, 0) is 11.8 Å². The first-order valence-corrected chi connectivity index (χ1v) is 6.79. The summed E-state index contributed by atoms with van der Waals surface area (Å²) in [5.74, 6) is 0.350. The summed E-state index contributed by atoms with van der Waals surface area (Å²) in [5.41, 5.74) is 3.76. The van der Waals surface area contributed by atoms with Gasteiger partial charge in [-0.05, 0) is 41.8 Å². The van der Waals surface area contributed by atoms with Crippen LogP contribution in [0, 0.1) is 0 Å². The van der Waals surface area contributed by atoms with Crippen molar-refractivity contribution in [2.75, 3.05) is 13.1 Å². The van der Waals surface area contributed by atoms with E-state index in [-0.39, 0.29) is 5.41 Å². The molecule has 1 heterocycles. The molecule has 1 aliphatic rings. The van der Waals surface area contributed by atoms with Crippen molar-refractivity contribution in [2.45, 2.75) is 18.8 Å². The predicted molar refractivity (Wildman–Crippen MR) is 77.6 cm³/mol. The molecule has 0 amide bonds. The summed E-state index contributed by atoms with van der Waals surface area (Å²) in [5, 5.41) is 13.4. The number of benzene rings is 2. The fraction of sp³-hybridized carbons (Fsp3) is 0.294. The Labute approximate surface area is 114 Å². The second-order valence-electron chi connectivity index (χ2n) is 5.47. The van der Waals surface area contributed by atoms with E-state index in [9.17, 15) is 5.11 Å². The minimum atomic E-state index is -0.0914. The van der Waals surface area contributed by atoms with Gasteiger partial charge in [0.25, 0.3) is 0 Å². The van der Waals surface area contributed by atoms with Gasteiger partial charge in [-0.1, -0.05) is 43.3 Å². The molecule has 0 saturated heterocycles. The lowest BCUT2D eigenvalue weighted by molar-refractivity contribution is 0.469. The first kappa shape index (κ1) is 12.2. The quantitative estimate of drug-likeness (QED) is 0.819. The fourth-order valence-electron chi connectivity index (χ4n) is 3.02. The SMILES string of the molecule is CC1(c2ccccc2)CNCCc2ccc(O)cc21. The second-order valence-corrected chi connectivity index (χ2v) is 5.47. The van der Waals surface area contributed by atoms with Crippen molar-refractivity contribution in [1.29, 1.82) is 0 Å². The first-order chi connectivity index (χ1) is 9.20. The molecule has 2 heteroatoms. The van der Waals surface area contributed by atoms with Crippen molar-refractivity contribution in [3.8, 4) is 5.75 Å². The molecule has 2 aromatic carbocycles. The van der Waals surface area contributed by atoms with E-state index < -0.39 is 0 Å². The van der Waals surface area contributed by atoms with Crippen LogP contribution < -0.4 is 5.32 Å². The van der Waals surface area contributed by atoms with E-state index in [1.54, 1.807) is 6.07 Å². The molecule has 2 N–H and O–H groups in total. The van der Waals surface area contributed by atoms with Crippen LogP contribution in [-0.4, -0.2) is 18.2 Å². The van der Waals surface area contributed by atoms with E-state index >= 15 is 0 Å². The molecule has 2 nitrogen and oxygen atoms in total. The average molecular weight is 253 g/mol. The molecule has 1 atom stereocenters. The largest absolute Gasteiger partial charge is 0.508 e. The number of fused-ring (bicyclic) bond motifs is 1. The van der Waals surface area contributed by atoms with Crippen LogP contribution in [0.15, 0.2) is 48.5 Å². The number of phenols is 1. The molecule has 2 aromatic rings. The monoisotopic (exact) mass is 253 g/mol. The van der Waals surface area contributed by atoms with Crippen molar-refractivity contribution in [2.24, 2.45) is 0 Å². The zero-order valence-corrected chi connectivity index (χ0v) is 11.2. The number of nitrogens with one attached hydrogen (secondary N) is 1. The number of hydrogen-bond donors (Lipinski definition) is 2. The summed E-state index contributed by atoms with van der Waals surface area (Å²) in [6, 6.07) is 16.3. The van der Waals surface area contributed by atoms with Crippen LogP contribution in [0.1, 0.15) is 23.6 Å². The highest BCUT2D eigenvalue weighted by atomic mass is 16.3. The lowest BCUT2D eigenvalue weighted by Gasteiger charge is -2.31. The molecule has 0 spiro atoms. The van der Waals surface area contributed by atoms with Gasteiger partial charge in [0.1, 0.15) is 5.75 Å². The summed E-state index contributed by atoms with van der Waals surface area (Å²) in [4.78, 5) is 0. The Hall–Kier alpha value is -1.80. The third-order valence-electron chi connectivity index (χ3n) is 4.15. The van der Waals surface area contributed by atoms with Crippen molar-refractivity contribution in [3.63, 3.8) is 0 Å².